The van der Waals surface area contributed by atoms with Crippen LogP contribution in [0.1, 0.15) is 5.69 Å². The van der Waals surface area contributed by atoms with Gasteiger partial charge in [-0.3, -0.25) is 4.40 Å². The maximum Gasteiger partial charge on any atom is 0.151 e. The number of hydrogen-bond donors (Lipinski definition) is 0. The van der Waals surface area contributed by atoms with Gasteiger partial charge in [0.25, 0.3) is 0 Å². The Kier molecular flexibility index (Phi) is 1.54. The summed E-state index contributed by atoms with van der Waals surface area (Å²) in [5.74, 6) is -0.292. The molecular formula is C8H6ClFN2. The molecule has 0 radical (unpaired) electrons. The van der Waals surface area contributed by atoms with Gasteiger partial charge in [-0.1, -0.05) is 11.6 Å². The number of pyridine rings is 1. The zero-order valence-corrected chi connectivity index (χ0v) is 7.14. The molecule has 2 heterocycles. The van der Waals surface area contributed by atoms with Crippen LogP contribution < -0.4 is 0 Å². The summed E-state index contributed by atoms with van der Waals surface area (Å²) in [4.78, 5) is 4.02. The van der Waals surface area contributed by atoms with Gasteiger partial charge in [0.2, 0.25) is 0 Å². The van der Waals surface area contributed by atoms with Gasteiger partial charge in [-0.15, -0.1) is 0 Å². The second kappa shape index (κ2) is 2.45. The quantitative estimate of drug-likeness (QED) is 0.615. The first-order chi connectivity index (χ1) is 5.68. The average Bonchev–Trinajstić information content (AvgIpc) is 2.31. The van der Waals surface area contributed by atoms with Crippen LogP contribution in [0.2, 0.25) is 5.15 Å². The fourth-order valence-electron chi connectivity index (χ4n) is 1.11. The van der Waals surface area contributed by atoms with Crippen molar-refractivity contribution in [3.63, 3.8) is 0 Å². The lowest BCUT2D eigenvalue weighted by molar-refractivity contribution is 0.618. The molecule has 62 valence electrons. The van der Waals surface area contributed by atoms with Gasteiger partial charge < -0.3 is 0 Å². The minimum absolute atomic E-state index is 0.292. The van der Waals surface area contributed by atoms with Gasteiger partial charge in [-0.05, 0) is 19.1 Å². The molecule has 4 heteroatoms. The van der Waals surface area contributed by atoms with Gasteiger partial charge in [0.15, 0.2) is 5.15 Å². The van der Waals surface area contributed by atoms with Crippen LogP contribution in [0.3, 0.4) is 0 Å². The molecule has 2 rings (SSSR count). The van der Waals surface area contributed by atoms with E-state index in [1.165, 1.54) is 12.3 Å². The number of imidazole rings is 1. The molecular weight excluding hydrogens is 179 g/mol. The molecule has 0 saturated heterocycles. The maximum atomic E-state index is 12.7. The van der Waals surface area contributed by atoms with Crippen LogP contribution in [0.5, 0.6) is 0 Å². The van der Waals surface area contributed by atoms with Crippen molar-refractivity contribution in [3.8, 4) is 0 Å². The van der Waals surface area contributed by atoms with Gasteiger partial charge in [0.05, 0.1) is 5.69 Å². The molecule has 2 aromatic rings. The Morgan fingerprint density at radius 3 is 3.00 bits per heavy atom. The molecule has 0 spiro atoms. The average molecular weight is 185 g/mol. The summed E-state index contributed by atoms with van der Waals surface area (Å²) in [7, 11) is 0. The molecule has 12 heavy (non-hydrogen) atoms. The van der Waals surface area contributed by atoms with Crippen LogP contribution in [-0.4, -0.2) is 9.38 Å². The Morgan fingerprint density at radius 2 is 2.25 bits per heavy atom. The van der Waals surface area contributed by atoms with Crippen molar-refractivity contribution in [2.24, 2.45) is 0 Å². The van der Waals surface area contributed by atoms with E-state index >= 15 is 0 Å². The highest BCUT2D eigenvalue weighted by atomic mass is 35.5. The molecule has 0 unspecified atom stereocenters. The van der Waals surface area contributed by atoms with Gasteiger partial charge in [-0.2, -0.15) is 0 Å². The number of halogens is 2. The predicted molar refractivity (Wildman–Crippen MR) is 44.9 cm³/mol. The van der Waals surface area contributed by atoms with E-state index in [-0.39, 0.29) is 5.82 Å². The van der Waals surface area contributed by atoms with Crippen molar-refractivity contribution in [3.05, 3.63) is 35.0 Å². The zero-order valence-electron chi connectivity index (χ0n) is 6.38. The summed E-state index contributed by atoms with van der Waals surface area (Å²) in [5, 5.41) is 0.417. The van der Waals surface area contributed by atoms with Crippen molar-refractivity contribution in [2.45, 2.75) is 6.92 Å². The van der Waals surface area contributed by atoms with E-state index in [1.54, 1.807) is 17.4 Å². The molecule has 0 aliphatic heterocycles. The van der Waals surface area contributed by atoms with Crippen LogP contribution in [0.4, 0.5) is 4.39 Å². The first kappa shape index (κ1) is 7.55. The highest BCUT2D eigenvalue weighted by Crippen LogP contribution is 2.16. The third-order valence-electron chi connectivity index (χ3n) is 1.76. The summed E-state index contributed by atoms with van der Waals surface area (Å²) >= 11 is 5.75. The van der Waals surface area contributed by atoms with Crippen molar-refractivity contribution in [2.75, 3.05) is 0 Å². The topological polar surface area (TPSA) is 17.3 Å². The Balaban J connectivity index is 2.88. The SMILES string of the molecule is Cc1c(Cl)nc2ccc(F)cn12. The number of nitrogens with zero attached hydrogens (tertiary/aromatic N) is 2. The molecule has 0 aliphatic rings. The first-order valence-electron chi connectivity index (χ1n) is 3.48. The van der Waals surface area contributed by atoms with Crippen molar-refractivity contribution >= 4 is 17.2 Å². The van der Waals surface area contributed by atoms with E-state index in [4.69, 9.17) is 11.6 Å². The summed E-state index contributed by atoms with van der Waals surface area (Å²) in [6.07, 6.45) is 1.36. The van der Waals surface area contributed by atoms with Crippen molar-refractivity contribution < 1.29 is 4.39 Å². The fourth-order valence-corrected chi connectivity index (χ4v) is 1.29. The monoisotopic (exact) mass is 184 g/mol. The third kappa shape index (κ3) is 0.975. The number of rotatable bonds is 0. The van der Waals surface area contributed by atoms with Crippen LogP contribution in [0.25, 0.3) is 5.65 Å². The standard InChI is InChI=1S/C8H6ClFN2/c1-5-8(9)11-7-3-2-6(10)4-12(5)7/h2-4H,1H3. The molecule has 0 aliphatic carbocycles. The molecule has 0 N–H and O–H groups in total. The lowest BCUT2D eigenvalue weighted by atomic mass is 10.4. The van der Waals surface area contributed by atoms with E-state index < -0.39 is 0 Å². The van der Waals surface area contributed by atoms with E-state index in [0.717, 1.165) is 5.69 Å². The summed E-state index contributed by atoms with van der Waals surface area (Å²) in [6.45, 7) is 1.79. The number of aromatic nitrogens is 2. The van der Waals surface area contributed by atoms with E-state index in [1.807, 2.05) is 0 Å². The normalized spacial score (nSPS) is 10.9. The van der Waals surface area contributed by atoms with Gasteiger partial charge >= 0.3 is 0 Å². The smallest absolute Gasteiger partial charge is 0.151 e. The lowest BCUT2D eigenvalue weighted by Gasteiger charge is -1.94. The molecule has 0 fully saturated rings. The number of hydrogen-bond acceptors (Lipinski definition) is 1. The van der Waals surface area contributed by atoms with E-state index in [9.17, 15) is 4.39 Å². The molecule has 2 aromatic heterocycles. The zero-order chi connectivity index (χ0) is 8.72. The summed E-state index contributed by atoms with van der Waals surface area (Å²) < 4.78 is 14.4. The van der Waals surface area contributed by atoms with Crippen LogP contribution >= 0.6 is 11.6 Å². The largest absolute Gasteiger partial charge is 0.300 e. The molecule has 0 saturated carbocycles. The Bertz CT molecular complexity index is 436. The predicted octanol–water partition coefficient (Wildman–Crippen LogP) is 2.44. The number of aryl methyl sites for hydroxylation is 1. The van der Waals surface area contributed by atoms with Gasteiger partial charge in [-0.25, -0.2) is 9.37 Å². The van der Waals surface area contributed by atoms with Crippen LogP contribution in [0, 0.1) is 12.7 Å². The fraction of sp³-hybridized carbons (Fsp3) is 0.125. The Labute approximate surface area is 73.6 Å². The second-order valence-corrected chi connectivity index (χ2v) is 2.92. The van der Waals surface area contributed by atoms with E-state index in [0.29, 0.717) is 10.8 Å². The lowest BCUT2D eigenvalue weighted by Crippen LogP contribution is -1.87. The van der Waals surface area contributed by atoms with Gasteiger partial charge in [0.1, 0.15) is 11.5 Å². The summed E-state index contributed by atoms with van der Waals surface area (Å²) in [5.41, 5.74) is 1.42. The minimum atomic E-state index is -0.292. The highest BCUT2D eigenvalue weighted by molar-refractivity contribution is 6.30. The molecule has 0 atom stereocenters. The van der Waals surface area contributed by atoms with Crippen LogP contribution in [0.15, 0.2) is 18.3 Å². The highest BCUT2D eigenvalue weighted by Gasteiger charge is 2.05. The molecule has 0 amide bonds. The molecule has 0 aromatic carbocycles. The Morgan fingerprint density at radius 1 is 1.50 bits per heavy atom. The van der Waals surface area contributed by atoms with Crippen LogP contribution in [-0.2, 0) is 0 Å². The van der Waals surface area contributed by atoms with E-state index in [2.05, 4.69) is 4.98 Å². The second-order valence-electron chi connectivity index (χ2n) is 2.56. The first-order valence-corrected chi connectivity index (χ1v) is 3.86. The molecule has 0 bridgehead atoms. The third-order valence-corrected chi connectivity index (χ3v) is 2.12. The maximum absolute atomic E-state index is 12.7. The minimum Gasteiger partial charge on any atom is -0.300 e. The van der Waals surface area contributed by atoms with Gasteiger partial charge in [0, 0.05) is 6.20 Å². The van der Waals surface area contributed by atoms with Crippen molar-refractivity contribution in [1.82, 2.24) is 9.38 Å². The Hall–Kier alpha value is -1.09. The number of fused-ring (bicyclic) bond motifs is 1. The summed E-state index contributed by atoms with van der Waals surface area (Å²) in [6, 6.07) is 2.95. The van der Waals surface area contributed by atoms with Crippen molar-refractivity contribution in [1.29, 1.82) is 0 Å². The molecule has 2 nitrogen and oxygen atoms in total.